The number of carbonyl (C=O) groups excluding carboxylic acids is 1. The molecule has 0 aliphatic heterocycles. The van der Waals surface area contributed by atoms with E-state index in [9.17, 15) is 4.79 Å². The SMILES string of the molecule is COc1ccc2ccccc2c1CC(Cl)C(=O)c1ccccc1. The maximum Gasteiger partial charge on any atom is 0.180 e. The molecule has 0 aromatic heterocycles. The minimum atomic E-state index is -0.628. The highest BCUT2D eigenvalue weighted by Gasteiger charge is 2.20. The first-order valence-electron chi connectivity index (χ1n) is 7.48. The summed E-state index contributed by atoms with van der Waals surface area (Å²) in [6.07, 6.45) is 0.430. The third-order valence-electron chi connectivity index (χ3n) is 3.94. The Balaban J connectivity index is 1.96. The zero-order chi connectivity index (χ0) is 16.2. The van der Waals surface area contributed by atoms with E-state index in [1.165, 1.54) is 0 Å². The third kappa shape index (κ3) is 3.22. The van der Waals surface area contributed by atoms with Gasteiger partial charge in [0.1, 0.15) is 11.1 Å². The fraction of sp³-hybridized carbons (Fsp3) is 0.150. The summed E-state index contributed by atoms with van der Waals surface area (Å²) >= 11 is 6.42. The molecule has 1 unspecified atom stereocenters. The second-order valence-electron chi connectivity index (χ2n) is 5.37. The number of benzene rings is 3. The molecule has 3 heteroatoms. The molecular formula is C20H17ClO2. The molecule has 0 fully saturated rings. The van der Waals surface area contributed by atoms with E-state index in [1.807, 2.05) is 54.6 Å². The highest BCUT2D eigenvalue weighted by Crippen LogP contribution is 2.30. The standard InChI is InChI=1S/C20H17ClO2/c1-23-19-12-11-14-7-5-6-10-16(14)17(19)13-18(21)20(22)15-8-3-2-4-9-15/h2-12,18H,13H2,1H3. The molecule has 3 aromatic carbocycles. The Kier molecular flexibility index (Phi) is 4.63. The summed E-state index contributed by atoms with van der Waals surface area (Å²) in [6, 6.07) is 21.1. The van der Waals surface area contributed by atoms with E-state index < -0.39 is 5.38 Å². The van der Waals surface area contributed by atoms with Crippen LogP contribution in [-0.4, -0.2) is 18.3 Å². The van der Waals surface area contributed by atoms with Crippen molar-refractivity contribution >= 4 is 28.2 Å². The van der Waals surface area contributed by atoms with Gasteiger partial charge in [-0.25, -0.2) is 0 Å². The molecule has 0 aliphatic rings. The van der Waals surface area contributed by atoms with Crippen molar-refractivity contribution in [1.82, 2.24) is 0 Å². The number of hydrogen-bond donors (Lipinski definition) is 0. The van der Waals surface area contributed by atoms with Crippen LogP contribution in [0.2, 0.25) is 0 Å². The van der Waals surface area contributed by atoms with Gasteiger partial charge in [0.2, 0.25) is 0 Å². The maximum absolute atomic E-state index is 12.5. The highest BCUT2D eigenvalue weighted by atomic mass is 35.5. The van der Waals surface area contributed by atoms with Crippen molar-refractivity contribution in [3.63, 3.8) is 0 Å². The van der Waals surface area contributed by atoms with Crippen LogP contribution in [0.5, 0.6) is 5.75 Å². The van der Waals surface area contributed by atoms with E-state index in [4.69, 9.17) is 16.3 Å². The third-order valence-corrected chi connectivity index (χ3v) is 4.30. The maximum atomic E-state index is 12.5. The topological polar surface area (TPSA) is 26.3 Å². The van der Waals surface area contributed by atoms with Gasteiger partial charge in [-0.1, -0.05) is 60.7 Å². The van der Waals surface area contributed by atoms with Gasteiger partial charge >= 0.3 is 0 Å². The van der Waals surface area contributed by atoms with Gasteiger partial charge in [0.05, 0.1) is 7.11 Å². The molecule has 0 saturated heterocycles. The monoisotopic (exact) mass is 324 g/mol. The second-order valence-corrected chi connectivity index (χ2v) is 5.90. The van der Waals surface area contributed by atoms with Crippen LogP contribution in [0.15, 0.2) is 66.7 Å². The second kappa shape index (κ2) is 6.84. The largest absolute Gasteiger partial charge is 0.496 e. The van der Waals surface area contributed by atoms with E-state index >= 15 is 0 Å². The molecular weight excluding hydrogens is 308 g/mol. The van der Waals surface area contributed by atoms with Gasteiger partial charge in [0.25, 0.3) is 0 Å². The minimum absolute atomic E-state index is 0.0674. The van der Waals surface area contributed by atoms with Gasteiger partial charge in [0, 0.05) is 17.5 Å². The number of ketones is 1. The Morgan fingerprint density at radius 3 is 2.43 bits per heavy atom. The molecule has 0 heterocycles. The number of rotatable bonds is 5. The van der Waals surface area contributed by atoms with Crippen LogP contribution >= 0.6 is 11.6 Å². The van der Waals surface area contributed by atoms with Gasteiger partial charge in [-0.3, -0.25) is 4.79 Å². The van der Waals surface area contributed by atoms with Gasteiger partial charge in [-0.05, 0) is 16.8 Å². The molecule has 1 atom stereocenters. The first-order chi connectivity index (χ1) is 11.2. The molecule has 23 heavy (non-hydrogen) atoms. The first-order valence-corrected chi connectivity index (χ1v) is 7.92. The van der Waals surface area contributed by atoms with Crippen molar-refractivity contribution in [2.75, 3.05) is 7.11 Å². The van der Waals surface area contributed by atoms with Crippen LogP contribution in [0.25, 0.3) is 10.8 Å². The van der Waals surface area contributed by atoms with Gasteiger partial charge < -0.3 is 4.74 Å². The number of alkyl halides is 1. The fourth-order valence-corrected chi connectivity index (χ4v) is 3.05. The number of methoxy groups -OCH3 is 1. The van der Waals surface area contributed by atoms with E-state index in [1.54, 1.807) is 19.2 Å². The smallest absolute Gasteiger partial charge is 0.180 e. The molecule has 116 valence electrons. The zero-order valence-corrected chi connectivity index (χ0v) is 13.6. The predicted octanol–water partition coefficient (Wildman–Crippen LogP) is 4.88. The molecule has 0 amide bonds. The number of carbonyl (C=O) groups is 1. The lowest BCUT2D eigenvalue weighted by Crippen LogP contribution is -2.18. The predicted molar refractivity (Wildman–Crippen MR) is 94.6 cm³/mol. The van der Waals surface area contributed by atoms with E-state index in [2.05, 4.69) is 0 Å². The van der Waals surface area contributed by atoms with Crippen molar-refractivity contribution in [3.05, 3.63) is 77.9 Å². The van der Waals surface area contributed by atoms with Crippen LogP contribution in [0.3, 0.4) is 0 Å². The van der Waals surface area contributed by atoms with Crippen LogP contribution in [-0.2, 0) is 6.42 Å². The van der Waals surface area contributed by atoms with Crippen LogP contribution < -0.4 is 4.74 Å². The van der Waals surface area contributed by atoms with E-state index in [0.717, 1.165) is 22.1 Å². The zero-order valence-electron chi connectivity index (χ0n) is 12.8. The number of halogens is 1. The molecule has 0 N–H and O–H groups in total. The summed E-state index contributed by atoms with van der Waals surface area (Å²) in [4.78, 5) is 12.5. The quantitative estimate of drug-likeness (QED) is 0.494. The van der Waals surface area contributed by atoms with Crippen LogP contribution in [0.1, 0.15) is 15.9 Å². The number of fused-ring (bicyclic) bond motifs is 1. The molecule has 0 saturated carbocycles. The number of Topliss-reactive ketones (excluding diaryl/α,β-unsaturated/α-hetero) is 1. The number of hydrogen-bond acceptors (Lipinski definition) is 2. The Hall–Kier alpha value is -2.32. The fourth-order valence-electron chi connectivity index (χ4n) is 2.77. The summed E-state index contributed by atoms with van der Waals surface area (Å²) in [5.74, 6) is 0.692. The van der Waals surface area contributed by atoms with Crippen LogP contribution in [0.4, 0.5) is 0 Å². The molecule has 3 aromatic rings. The molecule has 2 nitrogen and oxygen atoms in total. The van der Waals surface area contributed by atoms with Crippen molar-refractivity contribution in [2.24, 2.45) is 0 Å². The Morgan fingerprint density at radius 1 is 1.00 bits per heavy atom. The lowest BCUT2D eigenvalue weighted by atomic mass is 9.96. The normalized spacial score (nSPS) is 12.1. The molecule has 0 aliphatic carbocycles. The van der Waals surface area contributed by atoms with Crippen molar-refractivity contribution in [3.8, 4) is 5.75 Å². The van der Waals surface area contributed by atoms with Gasteiger partial charge in [-0.2, -0.15) is 0 Å². The van der Waals surface area contributed by atoms with E-state index in [-0.39, 0.29) is 5.78 Å². The molecule has 3 rings (SSSR count). The lowest BCUT2D eigenvalue weighted by Gasteiger charge is -2.15. The summed E-state index contributed by atoms with van der Waals surface area (Å²) in [7, 11) is 1.63. The van der Waals surface area contributed by atoms with Crippen molar-refractivity contribution in [2.45, 2.75) is 11.8 Å². The van der Waals surface area contributed by atoms with E-state index in [0.29, 0.717) is 12.0 Å². The Morgan fingerprint density at radius 2 is 1.70 bits per heavy atom. The van der Waals surface area contributed by atoms with Crippen molar-refractivity contribution in [1.29, 1.82) is 0 Å². The van der Waals surface area contributed by atoms with Gasteiger partial charge in [0.15, 0.2) is 5.78 Å². The summed E-state index contributed by atoms with van der Waals surface area (Å²) in [6.45, 7) is 0. The summed E-state index contributed by atoms with van der Waals surface area (Å²) in [5.41, 5.74) is 1.60. The summed E-state index contributed by atoms with van der Waals surface area (Å²) in [5, 5.41) is 1.55. The summed E-state index contributed by atoms with van der Waals surface area (Å²) < 4.78 is 5.47. The Bertz CT molecular complexity index is 827. The minimum Gasteiger partial charge on any atom is -0.496 e. The van der Waals surface area contributed by atoms with Gasteiger partial charge in [-0.15, -0.1) is 11.6 Å². The molecule has 0 radical (unpaired) electrons. The lowest BCUT2D eigenvalue weighted by molar-refractivity contribution is 0.0986. The Labute approximate surface area is 140 Å². The van der Waals surface area contributed by atoms with Crippen molar-refractivity contribution < 1.29 is 9.53 Å². The first kappa shape index (κ1) is 15.6. The van der Waals surface area contributed by atoms with Crippen LogP contribution in [0, 0.1) is 0 Å². The average molecular weight is 325 g/mol. The molecule has 0 spiro atoms. The molecule has 0 bridgehead atoms. The average Bonchev–Trinajstić information content (AvgIpc) is 2.62. The highest BCUT2D eigenvalue weighted by molar-refractivity contribution is 6.34. The number of ether oxygens (including phenoxy) is 1.